The summed E-state index contributed by atoms with van der Waals surface area (Å²) in [5.41, 5.74) is 20.9. The van der Waals surface area contributed by atoms with Gasteiger partial charge in [0.2, 0.25) is 0 Å². The van der Waals surface area contributed by atoms with E-state index in [1.54, 1.807) is 0 Å². The van der Waals surface area contributed by atoms with Crippen molar-refractivity contribution >= 4 is 0 Å². The molecule has 1 rings (SSSR count). The van der Waals surface area contributed by atoms with E-state index in [0.717, 1.165) is 157 Å². The molecule has 0 spiro atoms. The van der Waals surface area contributed by atoms with Crippen LogP contribution >= 0.6 is 0 Å². The molecule has 1 aromatic carbocycles. The Morgan fingerprint density at radius 2 is 0.386 bits per heavy atom. The molecule has 0 aliphatic carbocycles. The van der Waals surface area contributed by atoms with Gasteiger partial charge >= 0.3 is 0 Å². The number of unbranched alkanes of at least 4 members (excludes halogenated alkanes) is 9. The predicted molar refractivity (Wildman–Crippen MR) is 249 cm³/mol. The van der Waals surface area contributed by atoms with Crippen molar-refractivity contribution in [1.29, 1.82) is 0 Å². The van der Waals surface area contributed by atoms with Gasteiger partial charge < -0.3 is 65.1 Å². The van der Waals surface area contributed by atoms with Gasteiger partial charge in [0.05, 0.1) is 0 Å². The number of nitrogens with one attached hydrogen (secondary N) is 9. The molecule has 0 atom stereocenters. The van der Waals surface area contributed by atoms with E-state index in [1.807, 2.05) is 0 Å². The second-order valence-electron chi connectivity index (χ2n) is 15.9. The van der Waals surface area contributed by atoms with Gasteiger partial charge in [-0.15, -0.1) is 0 Å². The Hall–Kier alpha value is -1.26. The lowest BCUT2D eigenvalue weighted by Crippen LogP contribution is -2.22. The van der Waals surface area contributed by atoms with Gasteiger partial charge in [-0.05, 0) is 250 Å². The second kappa shape index (κ2) is 45.8. The van der Waals surface area contributed by atoms with E-state index in [0.29, 0.717) is 0 Å². The average molecular weight is 805 g/mol. The Morgan fingerprint density at radius 3 is 0.561 bits per heavy atom. The first kappa shape index (κ1) is 53.8. The Morgan fingerprint density at radius 1 is 0.228 bits per heavy atom. The van der Waals surface area contributed by atoms with Crippen LogP contribution in [0.2, 0.25) is 0 Å². The summed E-state index contributed by atoms with van der Waals surface area (Å²) in [6, 6.07) is 7.20. The maximum atomic E-state index is 5.56. The molecular formula is C45H96N12. The first-order valence-electron chi connectivity index (χ1n) is 23.9. The summed E-state index contributed by atoms with van der Waals surface area (Å²) in [6.45, 7) is 21.7. The fraction of sp³-hybridized carbons (Fsp3) is 0.867. The molecule has 0 aliphatic heterocycles. The molecule has 0 aliphatic rings. The van der Waals surface area contributed by atoms with Crippen LogP contribution in [0.25, 0.3) is 0 Å². The fourth-order valence-corrected chi connectivity index (χ4v) is 6.78. The molecule has 15 N–H and O–H groups in total. The van der Waals surface area contributed by atoms with Crippen LogP contribution in [-0.2, 0) is 19.6 Å². The van der Waals surface area contributed by atoms with Gasteiger partial charge in [0.15, 0.2) is 0 Å². The van der Waals surface area contributed by atoms with Crippen molar-refractivity contribution in [2.24, 2.45) is 17.2 Å². The van der Waals surface area contributed by atoms with Gasteiger partial charge in [0.25, 0.3) is 0 Å². The highest BCUT2D eigenvalue weighted by atomic mass is 14.9. The highest BCUT2D eigenvalue weighted by molar-refractivity contribution is 5.30. The van der Waals surface area contributed by atoms with Crippen LogP contribution in [0.5, 0.6) is 0 Å². The minimum Gasteiger partial charge on any atom is -0.330 e. The Bertz CT molecular complexity index is 798. The normalized spacial score (nSPS) is 11.6. The SMILES string of the molecule is NCCCCNCCCCNCCCCNCc1cc(CNCCCCNCCCCNCCCCN)cc(CNCCCCNCCCCNCCCCN)c1. The van der Waals surface area contributed by atoms with Crippen LogP contribution in [0.3, 0.4) is 0 Å². The quantitative estimate of drug-likeness (QED) is 0.0432. The molecule has 57 heavy (non-hydrogen) atoms. The number of hydrogen-bond donors (Lipinski definition) is 12. The van der Waals surface area contributed by atoms with E-state index in [1.165, 1.54) is 113 Å². The van der Waals surface area contributed by atoms with Crippen LogP contribution in [0.15, 0.2) is 18.2 Å². The third-order valence-corrected chi connectivity index (χ3v) is 10.3. The summed E-state index contributed by atoms with van der Waals surface area (Å²) in [7, 11) is 0. The molecule has 1 aromatic rings. The van der Waals surface area contributed by atoms with Gasteiger partial charge in [-0.25, -0.2) is 0 Å². The van der Waals surface area contributed by atoms with E-state index in [2.05, 4.69) is 66.1 Å². The zero-order valence-corrected chi connectivity index (χ0v) is 37.0. The minimum atomic E-state index is 0.801. The van der Waals surface area contributed by atoms with Crippen LogP contribution in [0, 0.1) is 0 Å². The number of benzene rings is 1. The van der Waals surface area contributed by atoms with Crippen molar-refractivity contribution in [3.05, 3.63) is 34.9 Å². The van der Waals surface area contributed by atoms with Gasteiger partial charge in [-0.3, -0.25) is 0 Å². The zero-order valence-electron chi connectivity index (χ0n) is 37.0. The highest BCUT2D eigenvalue weighted by Gasteiger charge is 2.04. The molecular weight excluding hydrogens is 709 g/mol. The molecule has 0 unspecified atom stereocenters. The van der Waals surface area contributed by atoms with Crippen LogP contribution in [0.1, 0.15) is 132 Å². The summed E-state index contributed by atoms with van der Waals surface area (Å²) in [6.07, 6.45) is 21.6. The Kier molecular flexibility index (Phi) is 43.2. The summed E-state index contributed by atoms with van der Waals surface area (Å²) in [4.78, 5) is 0. The average Bonchev–Trinajstić information content (AvgIpc) is 3.22. The maximum Gasteiger partial charge on any atom is 0.0205 e. The van der Waals surface area contributed by atoms with Crippen molar-refractivity contribution in [2.75, 3.05) is 118 Å². The maximum absolute atomic E-state index is 5.56. The largest absolute Gasteiger partial charge is 0.330 e. The van der Waals surface area contributed by atoms with E-state index < -0.39 is 0 Å². The van der Waals surface area contributed by atoms with Gasteiger partial charge in [-0.1, -0.05) is 18.2 Å². The van der Waals surface area contributed by atoms with Gasteiger partial charge in [0, 0.05) is 19.6 Å². The van der Waals surface area contributed by atoms with Gasteiger partial charge in [0.1, 0.15) is 0 Å². The molecule has 336 valence electrons. The molecule has 0 saturated heterocycles. The third kappa shape index (κ3) is 39.9. The lowest BCUT2D eigenvalue weighted by Gasteiger charge is -2.13. The molecule has 0 saturated carbocycles. The summed E-state index contributed by atoms with van der Waals surface area (Å²) in [5.74, 6) is 0. The topological polar surface area (TPSA) is 186 Å². The van der Waals surface area contributed by atoms with Crippen molar-refractivity contribution in [1.82, 2.24) is 47.9 Å². The molecule has 12 heteroatoms. The van der Waals surface area contributed by atoms with Crippen molar-refractivity contribution in [3.8, 4) is 0 Å². The third-order valence-electron chi connectivity index (χ3n) is 10.3. The molecule has 0 amide bonds. The molecule has 0 heterocycles. The van der Waals surface area contributed by atoms with Crippen LogP contribution < -0.4 is 65.1 Å². The molecule has 0 fully saturated rings. The molecule has 12 nitrogen and oxygen atoms in total. The standard InChI is InChI=1S/C45H96N12/c46-19-1-4-22-49-25-7-10-28-52-31-13-16-34-55-40-43-37-44(41-56-35-17-14-32-53-29-11-8-26-50-23-5-2-20-47)39-45(38-43)42-57-36-18-15-33-54-30-12-9-27-51-24-6-3-21-48/h37-39,49-57H,1-36,40-42,46-48H2. The van der Waals surface area contributed by atoms with E-state index >= 15 is 0 Å². The Labute approximate surface area is 352 Å². The summed E-state index contributed by atoms with van der Waals surface area (Å²) < 4.78 is 0. The van der Waals surface area contributed by atoms with E-state index in [-0.39, 0.29) is 0 Å². The first-order chi connectivity index (χ1) is 28.3. The van der Waals surface area contributed by atoms with Gasteiger partial charge in [-0.2, -0.15) is 0 Å². The zero-order chi connectivity index (χ0) is 40.8. The van der Waals surface area contributed by atoms with Crippen molar-refractivity contribution in [3.63, 3.8) is 0 Å². The Balaban J connectivity index is 2.27. The smallest absolute Gasteiger partial charge is 0.0205 e. The summed E-state index contributed by atoms with van der Waals surface area (Å²) in [5, 5.41) is 32.6. The number of nitrogens with two attached hydrogens (primary N) is 3. The number of hydrogen-bond acceptors (Lipinski definition) is 12. The first-order valence-corrected chi connectivity index (χ1v) is 23.9. The molecule has 0 radical (unpaired) electrons. The fourth-order valence-electron chi connectivity index (χ4n) is 6.78. The molecule has 0 aromatic heterocycles. The predicted octanol–water partition coefficient (Wildman–Crippen LogP) is 3.39. The van der Waals surface area contributed by atoms with Crippen LogP contribution in [0.4, 0.5) is 0 Å². The summed E-state index contributed by atoms with van der Waals surface area (Å²) >= 11 is 0. The van der Waals surface area contributed by atoms with Crippen molar-refractivity contribution in [2.45, 2.75) is 135 Å². The lowest BCUT2D eigenvalue weighted by molar-refractivity contribution is 0.546. The van der Waals surface area contributed by atoms with Crippen molar-refractivity contribution < 1.29 is 0 Å². The van der Waals surface area contributed by atoms with Crippen LogP contribution in [-0.4, -0.2) is 118 Å². The lowest BCUT2D eigenvalue weighted by atomic mass is 10.0. The monoisotopic (exact) mass is 805 g/mol. The molecule has 0 bridgehead atoms. The number of rotatable bonds is 48. The van der Waals surface area contributed by atoms with E-state index in [9.17, 15) is 0 Å². The minimum absolute atomic E-state index is 0.801. The highest BCUT2D eigenvalue weighted by Crippen LogP contribution is 2.12. The second-order valence-corrected chi connectivity index (χ2v) is 15.9. The van der Waals surface area contributed by atoms with E-state index in [4.69, 9.17) is 17.2 Å².